The van der Waals surface area contributed by atoms with E-state index in [2.05, 4.69) is 9.83 Å². The van der Waals surface area contributed by atoms with Gasteiger partial charge in [0.15, 0.2) is 0 Å². The van der Waals surface area contributed by atoms with Gasteiger partial charge in [0.1, 0.15) is 0 Å². The third-order valence-corrected chi connectivity index (χ3v) is 1.27. The summed E-state index contributed by atoms with van der Waals surface area (Å²) in [5.41, 5.74) is 0. The standard InChI is InChI=1S/C6H2Cl2N2/c1-9-6-3-4(7)2-5(8)10-6/h2-3H. The van der Waals surface area contributed by atoms with Gasteiger partial charge in [0, 0.05) is 11.1 Å². The molecule has 0 bridgehead atoms. The Hall–Kier alpha value is -0.780. The second-order valence-electron chi connectivity index (χ2n) is 1.58. The van der Waals surface area contributed by atoms with Gasteiger partial charge >= 0.3 is 0 Å². The van der Waals surface area contributed by atoms with Crippen molar-refractivity contribution in [1.82, 2.24) is 4.98 Å². The van der Waals surface area contributed by atoms with Crippen molar-refractivity contribution in [3.63, 3.8) is 0 Å². The monoisotopic (exact) mass is 172 g/mol. The Labute approximate surface area is 68.2 Å². The van der Waals surface area contributed by atoms with Gasteiger partial charge in [0.05, 0.1) is 0 Å². The van der Waals surface area contributed by atoms with Crippen molar-refractivity contribution >= 4 is 29.0 Å². The molecule has 10 heavy (non-hydrogen) atoms. The maximum Gasteiger partial charge on any atom is 0.272 e. The molecule has 0 unspecified atom stereocenters. The van der Waals surface area contributed by atoms with E-state index in [4.69, 9.17) is 29.8 Å². The molecule has 0 amide bonds. The lowest BCUT2D eigenvalue weighted by molar-refractivity contribution is 1.35. The molecular formula is C6H2Cl2N2. The van der Waals surface area contributed by atoms with Gasteiger partial charge in [-0.25, -0.2) is 0 Å². The van der Waals surface area contributed by atoms with Gasteiger partial charge in [-0.3, -0.25) is 0 Å². The Kier molecular flexibility index (Phi) is 2.10. The van der Waals surface area contributed by atoms with Crippen LogP contribution in [0.5, 0.6) is 0 Å². The van der Waals surface area contributed by atoms with Crippen molar-refractivity contribution in [2.75, 3.05) is 0 Å². The van der Waals surface area contributed by atoms with E-state index >= 15 is 0 Å². The van der Waals surface area contributed by atoms with Gasteiger partial charge in [-0.1, -0.05) is 18.2 Å². The lowest BCUT2D eigenvalue weighted by atomic mass is 10.5. The summed E-state index contributed by atoms with van der Waals surface area (Å²) in [5, 5.41) is 0.685. The summed E-state index contributed by atoms with van der Waals surface area (Å²) in [6.07, 6.45) is 0. The highest BCUT2D eigenvalue weighted by Crippen LogP contribution is 2.19. The van der Waals surface area contributed by atoms with Crippen molar-refractivity contribution in [3.05, 3.63) is 33.7 Å². The summed E-state index contributed by atoms with van der Waals surface area (Å²) in [5.74, 6) is 0.220. The van der Waals surface area contributed by atoms with Crippen LogP contribution in [0.15, 0.2) is 12.1 Å². The van der Waals surface area contributed by atoms with E-state index in [0.717, 1.165) is 0 Å². The lowest BCUT2D eigenvalue weighted by Crippen LogP contribution is -1.73. The highest BCUT2D eigenvalue weighted by molar-refractivity contribution is 6.34. The van der Waals surface area contributed by atoms with E-state index in [9.17, 15) is 0 Å². The van der Waals surface area contributed by atoms with Gasteiger partial charge in [-0.05, 0) is 17.7 Å². The smallest absolute Gasteiger partial charge is 0.272 e. The molecule has 0 spiro atoms. The van der Waals surface area contributed by atoms with Crippen LogP contribution >= 0.6 is 23.2 Å². The first-order valence-corrected chi connectivity index (χ1v) is 3.18. The Bertz CT molecular complexity index is 270. The number of hydrogen-bond acceptors (Lipinski definition) is 1. The van der Waals surface area contributed by atoms with Crippen molar-refractivity contribution in [2.45, 2.75) is 0 Å². The molecule has 0 fully saturated rings. The van der Waals surface area contributed by atoms with Crippen LogP contribution in [0, 0.1) is 6.57 Å². The minimum atomic E-state index is 0.220. The minimum Gasteiger partial charge on any atom is -0.361 e. The maximum absolute atomic E-state index is 6.58. The number of hydrogen-bond donors (Lipinski definition) is 0. The lowest BCUT2D eigenvalue weighted by Gasteiger charge is -1.88. The average Bonchev–Trinajstić information content (AvgIpc) is 1.85. The molecule has 0 aliphatic rings. The molecule has 0 saturated heterocycles. The fourth-order valence-corrected chi connectivity index (χ4v) is 0.971. The average molecular weight is 173 g/mol. The van der Waals surface area contributed by atoms with Gasteiger partial charge in [0.25, 0.3) is 5.82 Å². The van der Waals surface area contributed by atoms with Crippen LogP contribution in [0.3, 0.4) is 0 Å². The molecule has 0 saturated carbocycles. The Morgan fingerprint density at radius 3 is 2.60 bits per heavy atom. The number of rotatable bonds is 0. The summed E-state index contributed by atoms with van der Waals surface area (Å²) < 4.78 is 0. The largest absolute Gasteiger partial charge is 0.361 e. The first-order valence-electron chi connectivity index (χ1n) is 2.43. The fraction of sp³-hybridized carbons (Fsp3) is 0. The minimum absolute atomic E-state index is 0.220. The quantitative estimate of drug-likeness (QED) is 0.435. The van der Waals surface area contributed by atoms with Crippen LogP contribution in [-0.2, 0) is 0 Å². The van der Waals surface area contributed by atoms with E-state index in [1.807, 2.05) is 0 Å². The molecule has 2 nitrogen and oxygen atoms in total. The highest BCUT2D eigenvalue weighted by Gasteiger charge is 1.99. The SMILES string of the molecule is [C-]#[N+]c1cc(Cl)cc(Cl)n1. The molecule has 1 aromatic rings. The zero-order chi connectivity index (χ0) is 7.56. The zero-order valence-corrected chi connectivity index (χ0v) is 6.32. The molecule has 0 atom stereocenters. The summed E-state index contributed by atoms with van der Waals surface area (Å²) in [6.45, 7) is 6.58. The van der Waals surface area contributed by atoms with Crippen molar-refractivity contribution in [3.8, 4) is 0 Å². The van der Waals surface area contributed by atoms with Gasteiger partial charge in [0.2, 0.25) is 5.15 Å². The summed E-state index contributed by atoms with van der Waals surface area (Å²) in [4.78, 5) is 6.74. The Morgan fingerprint density at radius 2 is 2.10 bits per heavy atom. The molecule has 0 aliphatic carbocycles. The number of aromatic nitrogens is 1. The van der Waals surface area contributed by atoms with E-state index in [1.54, 1.807) is 0 Å². The third kappa shape index (κ3) is 1.60. The first-order chi connectivity index (χ1) is 4.72. The van der Waals surface area contributed by atoms with Crippen LogP contribution in [0.2, 0.25) is 10.2 Å². The predicted octanol–water partition coefficient (Wildman–Crippen LogP) is 2.94. The van der Waals surface area contributed by atoms with E-state index in [0.29, 0.717) is 5.02 Å². The van der Waals surface area contributed by atoms with Gasteiger partial charge in [-0.15, -0.1) is 4.98 Å². The molecule has 0 aromatic carbocycles. The molecule has 0 radical (unpaired) electrons. The third-order valence-electron chi connectivity index (χ3n) is 0.860. The first kappa shape index (κ1) is 7.33. The van der Waals surface area contributed by atoms with Crippen molar-refractivity contribution < 1.29 is 0 Å². The molecule has 4 heteroatoms. The van der Waals surface area contributed by atoms with Crippen LogP contribution in [0.4, 0.5) is 5.82 Å². The number of pyridine rings is 1. The van der Waals surface area contributed by atoms with Crippen LogP contribution in [0.25, 0.3) is 4.85 Å². The fourth-order valence-electron chi connectivity index (χ4n) is 0.510. The molecule has 1 aromatic heterocycles. The highest BCUT2D eigenvalue weighted by atomic mass is 35.5. The van der Waals surface area contributed by atoms with Crippen LogP contribution in [0.1, 0.15) is 0 Å². The second kappa shape index (κ2) is 2.87. The summed E-state index contributed by atoms with van der Waals surface area (Å²) in [7, 11) is 0. The molecule has 50 valence electrons. The van der Waals surface area contributed by atoms with Crippen LogP contribution in [-0.4, -0.2) is 4.98 Å². The maximum atomic E-state index is 6.58. The normalized spacial score (nSPS) is 8.90. The van der Waals surface area contributed by atoms with E-state index in [1.165, 1.54) is 12.1 Å². The van der Waals surface area contributed by atoms with Gasteiger partial charge < -0.3 is 4.85 Å². The topological polar surface area (TPSA) is 17.2 Å². The molecule has 1 rings (SSSR count). The van der Waals surface area contributed by atoms with E-state index < -0.39 is 0 Å². The van der Waals surface area contributed by atoms with E-state index in [-0.39, 0.29) is 11.0 Å². The van der Waals surface area contributed by atoms with Crippen molar-refractivity contribution in [1.29, 1.82) is 0 Å². The Morgan fingerprint density at radius 1 is 1.40 bits per heavy atom. The zero-order valence-electron chi connectivity index (χ0n) is 4.81. The second-order valence-corrected chi connectivity index (χ2v) is 2.40. The Balaban J connectivity index is 3.22. The number of nitrogens with zero attached hydrogens (tertiary/aromatic N) is 2. The molecular weight excluding hydrogens is 171 g/mol. The summed E-state index contributed by atoms with van der Waals surface area (Å²) in [6, 6.07) is 2.94. The molecule has 0 N–H and O–H groups in total. The molecule has 0 aliphatic heterocycles. The molecule has 1 heterocycles. The van der Waals surface area contributed by atoms with Crippen LogP contribution < -0.4 is 0 Å². The van der Waals surface area contributed by atoms with Gasteiger partial charge in [-0.2, -0.15) is 0 Å². The number of halogens is 2. The predicted molar refractivity (Wildman–Crippen MR) is 40.5 cm³/mol. The van der Waals surface area contributed by atoms with Crippen molar-refractivity contribution in [2.24, 2.45) is 0 Å². The summed E-state index contributed by atoms with van der Waals surface area (Å²) >= 11 is 11.1.